The van der Waals surface area contributed by atoms with Gasteiger partial charge in [-0.1, -0.05) is 12.7 Å². The van der Waals surface area contributed by atoms with Gasteiger partial charge in [-0.3, -0.25) is 4.79 Å². The fraction of sp³-hybridized carbons (Fsp3) is 0.444. The molecular weight excluding hydrogens is 152 g/mol. The van der Waals surface area contributed by atoms with Gasteiger partial charge in [0, 0.05) is 19.2 Å². The molecule has 1 rings (SSSR count). The van der Waals surface area contributed by atoms with E-state index >= 15 is 0 Å². The van der Waals surface area contributed by atoms with Gasteiger partial charge in [0.25, 0.3) is 0 Å². The van der Waals surface area contributed by atoms with Crippen molar-refractivity contribution in [2.45, 2.75) is 6.42 Å². The van der Waals surface area contributed by atoms with Crippen LogP contribution in [0, 0.1) is 0 Å². The number of amides is 1. The molecule has 3 nitrogen and oxygen atoms in total. The lowest BCUT2D eigenvalue weighted by molar-refractivity contribution is -0.117. The summed E-state index contributed by atoms with van der Waals surface area (Å²) in [6, 6.07) is 0. The lowest BCUT2D eigenvalue weighted by atomic mass is 10.0. The van der Waals surface area contributed by atoms with Gasteiger partial charge in [-0.25, -0.2) is 0 Å². The Hall–Kier alpha value is -1.09. The normalized spacial score (nSPS) is 17.4. The standard InChI is InChI=1S/C9H14N2O/c1-3-7-6-11-5-4-8(7)9(12)10-2/h3,11H,1,4-6H2,2H3,(H,10,12). The largest absolute Gasteiger partial charge is 0.355 e. The second kappa shape index (κ2) is 4.07. The molecule has 0 spiro atoms. The molecule has 0 bridgehead atoms. The first-order chi connectivity index (χ1) is 5.79. The average molecular weight is 166 g/mol. The molecule has 0 radical (unpaired) electrons. The molecule has 0 unspecified atom stereocenters. The highest BCUT2D eigenvalue weighted by Gasteiger charge is 2.15. The zero-order chi connectivity index (χ0) is 8.97. The molecule has 0 aromatic heterocycles. The summed E-state index contributed by atoms with van der Waals surface area (Å²) in [6.07, 6.45) is 2.54. The van der Waals surface area contributed by atoms with E-state index in [0.717, 1.165) is 30.7 Å². The van der Waals surface area contributed by atoms with Crippen LogP contribution < -0.4 is 10.6 Å². The average Bonchev–Trinajstić information content (AvgIpc) is 2.16. The second-order valence-electron chi connectivity index (χ2n) is 2.71. The van der Waals surface area contributed by atoms with E-state index in [0.29, 0.717) is 0 Å². The van der Waals surface area contributed by atoms with Crippen LogP contribution in [0.3, 0.4) is 0 Å². The number of carbonyl (C=O) groups is 1. The number of likely N-dealkylation sites (N-methyl/N-ethyl adjacent to an activating group) is 1. The molecule has 0 aliphatic carbocycles. The Bertz CT molecular complexity index is 231. The molecule has 0 atom stereocenters. The van der Waals surface area contributed by atoms with E-state index in [2.05, 4.69) is 17.2 Å². The molecular formula is C9H14N2O. The molecule has 0 aromatic rings. The highest BCUT2D eigenvalue weighted by Crippen LogP contribution is 2.12. The van der Waals surface area contributed by atoms with E-state index in [1.807, 2.05) is 0 Å². The summed E-state index contributed by atoms with van der Waals surface area (Å²) in [7, 11) is 1.65. The van der Waals surface area contributed by atoms with Gasteiger partial charge in [0.1, 0.15) is 0 Å². The van der Waals surface area contributed by atoms with Crippen LogP contribution in [0.1, 0.15) is 6.42 Å². The van der Waals surface area contributed by atoms with Crippen molar-refractivity contribution in [3.63, 3.8) is 0 Å². The van der Waals surface area contributed by atoms with Crippen LogP contribution >= 0.6 is 0 Å². The summed E-state index contributed by atoms with van der Waals surface area (Å²) in [5.41, 5.74) is 1.88. The highest BCUT2D eigenvalue weighted by atomic mass is 16.1. The van der Waals surface area contributed by atoms with Crippen molar-refractivity contribution in [2.24, 2.45) is 0 Å². The van der Waals surface area contributed by atoms with Gasteiger partial charge in [-0.15, -0.1) is 0 Å². The first kappa shape index (κ1) is 9.00. The molecule has 12 heavy (non-hydrogen) atoms. The number of nitrogens with one attached hydrogen (secondary N) is 2. The third kappa shape index (κ3) is 1.74. The second-order valence-corrected chi connectivity index (χ2v) is 2.71. The maximum absolute atomic E-state index is 11.3. The summed E-state index contributed by atoms with van der Waals surface area (Å²) >= 11 is 0. The molecule has 0 aromatic carbocycles. The SMILES string of the molecule is C=CC1=C(C(=O)NC)CCNC1. The van der Waals surface area contributed by atoms with Crippen molar-refractivity contribution in [1.82, 2.24) is 10.6 Å². The molecule has 1 aliphatic rings. The smallest absolute Gasteiger partial charge is 0.247 e. The number of hydrogen-bond donors (Lipinski definition) is 2. The van der Waals surface area contributed by atoms with Gasteiger partial charge >= 0.3 is 0 Å². The van der Waals surface area contributed by atoms with Crippen molar-refractivity contribution >= 4 is 5.91 Å². The molecule has 1 aliphatic heterocycles. The van der Waals surface area contributed by atoms with Crippen molar-refractivity contribution in [3.05, 3.63) is 23.8 Å². The van der Waals surface area contributed by atoms with E-state index in [9.17, 15) is 4.79 Å². The van der Waals surface area contributed by atoms with Crippen molar-refractivity contribution in [1.29, 1.82) is 0 Å². The number of rotatable bonds is 2. The topological polar surface area (TPSA) is 41.1 Å². The van der Waals surface area contributed by atoms with Crippen LogP contribution in [-0.4, -0.2) is 26.0 Å². The van der Waals surface area contributed by atoms with Crippen LogP contribution in [0.2, 0.25) is 0 Å². The Balaban J connectivity index is 2.86. The van der Waals surface area contributed by atoms with Gasteiger partial charge in [0.15, 0.2) is 0 Å². The van der Waals surface area contributed by atoms with Gasteiger partial charge in [-0.05, 0) is 18.5 Å². The van der Waals surface area contributed by atoms with Crippen LogP contribution in [0.4, 0.5) is 0 Å². The fourth-order valence-electron chi connectivity index (χ4n) is 1.31. The maximum Gasteiger partial charge on any atom is 0.247 e. The van der Waals surface area contributed by atoms with Crippen LogP contribution in [0.25, 0.3) is 0 Å². The summed E-state index contributed by atoms with van der Waals surface area (Å²) < 4.78 is 0. The van der Waals surface area contributed by atoms with Crippen LogP contribution in [0.5, 0.6) is 0 Å². The molecule has 2 N–H and O–H groups in total. The highest BCUT2D eigenvalue weighted by molar-refractivity contribution is 5.94. The Morgan fingerprint density at radius 3 is 3.08 bits per heavy atom. The monoisotopic (exact) mass is 166 g/mol. The lowest BCUT2D eigenvalue weighted by Crippen LogP contribution is -2.31. The van der Waals surface area contributed by atoms with Gasteiger partial charge < -0.3 is 10.6 Å². The molecule has 0 fully saturated rings. The van der Waals surface area contributed by atoms with Gasteiger partial charge in [0.05, 0.1) is 0 Å². The molecule has 66 valence electrons. The summed E-state index contributed by atoms with van der Waals surface area (Å²) in [5.74, 6) is 0.0198. The minimum atomic E-state index is 0.0198. The Morgan fingerprint density at radius 2 is 2.50 bits per heavy atom. The molecule has 3 heteroatoms. The Morgan fingerprint density at radius 1 is 1.75 bits per heavy atom. The predicted molar refractivity (Wildman–Crippen MR) is 48.8 cm³/mol. The minimum Gasteiger partial charge on any atom is -0.355 e. The summed E-state index contributed by atoms with van der Waals surface area (Å²) in [6.45, 7) is 5.30. The van der Waals surface area contributed by atoms with Crippen LogP contribution in [-0.2, 0) is 4.79 Å². The number of carbonyl (C=O) groups excluding carboxylic acids is 1. The van der Waals surface area contributed by atoms with Crippen molar-refractivity contribution in [2.75, 3.05) is 20.1 Å². The van der Waals surface area contributed by atoms with Crippen molar-refractivity contribution < 1.29 is 4.79 Å². The fourth-order valence-corrected chi connectivity index (χ4v) is 1.31. The first-order valence-electron chi connectivity index (χ1n) is 4.07. The van der Waals surface area contributed by atoms with Crippen molar-refractivity contribution in [3.8, 4) is 0 Å². The van der Waals surface area contributed by atoms with E-state index in [4.69, 9.17) is 0 Å². The minimum absolute atomic E-state index is 0.0198. The van der Waals surface area contributed by atoms with E-state index in [1.54, 1.807) is 13.1 Å². The maximum atomic E-state index is 11.3. The zero-order valence-corrected chi connectivity index (χ0v) is 7.31. The molecule has 1 heterocycles. The third-order valence-corrected chi connectivity index (χ3v) is 2.00. The molecule has 0 saturated carbocycles. The van der Waals surface area contributed by atoms with E-state index in [1.165, 1.54) is 0 Å². The molecule has 1 amide bonds. The number of hydrogen-bond acceptors (Lipinski definition) is 2. The van der Waals surface area contributed by atoms with E-state index < -0.39 is 0 Å². The van der Waals surface area contributed by atoms with Gasteiger partial charge in [0.2, 0.25) is 5.91 Å². The van der Waals surface area contributed by atoms with Crippen LogP contribution in [0.15, 0.2) is 23.8 Å². The predicted octanol–water partition coefficient (Wildman–Crippen LogP) is 0.208. The zero-order valence-electron chi connectivity index (χ0n) is 7.31. The molecule has 0 saturated heterocycles. The summed E-state index contributed by atoms with van der Waals surface area (Å²) in [4.78, 5) is 11.3. The Kier molecular flexibility index (Phi) is 3.05. The van der Waals surface area contributed by atoms with E-state index in [-0.39, 0.29) is 5.91 Å². The van der Waals surface area contributed by atoms with Gasteiger partial charge in [-0.2, -0.15) is 0 Å². The quantitative estimate of drug-likeness (QED) is 0.615. The Labute approximate surface area is 72.5 Å². The summed E-state index contributed by atoms with van der Waals surface area (Å²) in [5, 5.41) is 5.81. The third-order valence-electron chi connectivity index (χ3n) is 2.00. The lowest BCUT2D eigenvalue weighted by Gasteiger charge is -2.17. The first-order valence-corrected chi connectivity index (χ1v) is 4.07.